The first-order chi connectivity index (χ1) is 15.6. The minimum atomic E-state index is -0.352. The van der Waals surface area contributed by atoms with Crippen molar-refractivity contribution in [3.63, 3.8) is 0 Å². The molecular weight excluding hydrogens is 408 g/mol. The Labute approximate surface area is 187 Å². The Bertz CT molecular complexity index is 999. The number of carbonyl (C=O) groups excluding carboxylic acids is 1. The predicted octanol–water partition coefficient (Wildman–Crippen LogP) is 3.09. The van der Waals surface area contributed by atoms with E-state index in [1.807, 2.05) is 36.4 Å². The molecule has 0 saturated carbocycles. The number of nitro benzene ring substituents is 1. The first-order valence-electron chi connectivity index (χ1n) is 11.0. The lowest BCUT2D eigenvalue weighted by molar-refractivity contribution is -0.384. The molecule has 0 spiro atoms. The molecule has 2 aliphatic rings. The molecule has 0 atom stereocenters. The van der Waals surface area contributed by atoms with Gasteiger partial charge in [0.05, 0.1) is 10.5 Å². The molecule has 0 aromatic heterocycles. The largest absolute Gasteiger partial charge is 0.488 e. The van der Waals surface area contributed by atoms with Crippen molar-refractivity contribution in [2.24, 2.45) is 0 Å². The van der Waals surface area contributed by atoms with E-state index in [0.717, 1.165) is 62.6 Å². The normalized spacial score (nSPS) is 16.0. The fraction of sp³-hybridized carbons (Fsp3) is 0.375. The third kappa shape index (κ3) is 5.45. The minimum absolute atomic E-state index is 0.0647. The Morgan fingerprint density at radius 2 is 1.88 bits per heavy atom. The number of ether oxygens (including phenoxy) is 1. The van der Waals surface area contributed by atoms with E-state index in [2.05, 4.69) is 15.1 Å². The molecule has 4 rings (SSSR count). The molecule has 32 heavy (non-hydrogen) atoms. The summed E-state index contributed by atoms with van der Waals surface area (Å²) >= 11 is 0. The molecule has 0 unspecified atom stereocenters. The van der Waals surface area contributed by atoms with Crippen molar-refractivity contribution in [2.45, 2.75) is 12.8 Å². The van der Waals surface area contributed by atoms with Gasteiger partial charge in [-0.05, 0) is 37.6 Å². The first-order valence-corrected chi connectivity index (χ1v) is 11.0. The van der Waals surface area contributed by atoms with Crippen molar-refractivity contribution in [3.8, 4) is 5.75 Å². The highest BCUT2D eigenvalue weighted by molar-refractivity contribution is 5.99. The maximum absolute atomic E-state index is 12.4. The maximum Gasteiger partial charge on any atom is 0.271 e. The van der Waals surface area contributed by atoms with E-state index in [4.69, 9.17) is 4.74 Å². The molecule has 8 heteroatoms. The van der Waals surface area contributed by atoms with Crippen molar-refractivity contribution in [1.82, 2.24) is 10.2 Å². The van der Waals surface area contributed by atoms with Gasteiger partial charge in [0, 0.05) is 56.1 Å². The Morgan fingerprint density at radius 1 is 1.06 bits per heavy atom. The zero-order valence-electron chi connectivity index (χ0n) is 18.0. The number of non-ortho nitro benzene ring substituents is 1. The van der Waals surface area contributed by atoms with Gasteiger partial charge in [-0.2, -0.15) is 0 Å². The Balaban J connectivity index is 1.14. The number of rotatable bonds is 8. The Kier molecular flexibility index (Phi) is 7.01. The van der Waals surface area contributed by atoms with E-state index >= 15 is 0 Å². The summed E-state index contributed by atoms with van der Waals surface area (Å²) in [6, 6.07) is 14.5. The van der Waals surface area contributed by atoms with Crippen molar-refractivity contribution in [3.05, 3.63) is 69.8 Å². The molecule has 1 saturated heterocycles. The second-order valence-corrected chi connectivity index (χ2v) is 8.06. The van der Waals surface area contributed by atoms with E-state index in [0.29, 0.717) is 18.7 Å². The summed E-state index contributed by atoms with van der Waals surface area (Å²) in [4.78, 5) is 27.6. The Morgan fingerprint density at radius 3 is 2.69 bits per heavy atom. The predicted molar refractivity (Wildman–Crippen MR) is 124 cm³/mol. The molecule has 8 nitrogen and oxygen atoms in total. The van der Waals surface area contributed by atoms with Crippen LogP contribution in [-0.2, 0) is 4.79 Å². The van der Waals surface area contributed by atoms with Crippen LogP contribution in [0.2, 0.25) is 0 Å². The second kappa shape index (κ2) is 10.3. The van der Waals surface area contributed by atoms with Crippen LogP contribution < -0.4 is 15.0 Å². The zero-order valence-corrected chi connectivity index (χ0v) is 18.0. The van der Waals surface area contributed by atoms with Gasteiger partial charge in [0.25, 0.3) is 11.6 Å². The van der Waals surface area contributed by atoms with Gasteiger partial charge in [-0.3, -0.25) is 19.8 Å². The van der Waals surface area contributed by atoms with Crippen LogP contribution in [-0.4, -0.2) is 61.6 Å². The highest BCUT2D eigenvalue weighted by Gasteiger charge is 2.19. The number of hydrogen-bond donors (Lipinski definition) is 1. The number of unbranched alkanes of at least 4 members (excludes halogenated alkanes) is 1. The smallest absolute Gasteiger partial charge is 0.271 e. The summed E-state index contributed by atoms with van der Waals surface area (Å²) in [5.41, 5.74) is 2.63. The lowest BCUT2D eigenvalue weighted by atomic mass is 10.1. The highest BCUT2D eigenvalue weighted by Crippen LogP contribution is 2.25. The van der Waals surface area contributed by atoms with Gasteiger partial charge in [-0.1, -0.05) is 24.3 Å². The van der Waals surface area contributed by atoms with Crippen LogP contribution in [0.5, 0.6) is 5.75 Å². The van der Waals surface area contributed by atoms with Gasteiger partial charge in [0.1, 0.15) is 12.4 Å². The van der Waals surface area contributed by atoms with E-state index < -0.39 is 0 Å². The van der Waals surface area contributed by atoms with Crippen LogP contribution in [0.25, 0.3) is 6.08 Å². The van der Waals surface area contributed by atoms with E-state index in [9.17, 15) is 14.9 Å². The fourth-order valence-corrected chi connectivity index (χ4v) is 4.06. The number of piperazine rings is 1. The zero-order chi connectivity index (χ0) is 22.3. The van der Waals surface area contributed by atoms with Crippen LogP contribution in [0.1, 0.15) is 18.4 Å². The molecule has 168 valence electrons. The monoisotopic (exact) mass is 436 g/mol. The molecular formula is C24H28N4O4. The minimum Gasteiger partial charge on any atom is -0.488 e. The van der Waals surface area contributed by atoms with Crippen LogP contribution in [0, 0.1) is 10.1 Å². The van der Waals surface area contributed by atoms with E-state index in [1.54, 1.807) is 12.1 Å². The molecule has 1 N–H and O–H groups in total. The van der Waals surface area contributed by atoms with Crippen molar-refractivity contribution >= 4 is 23.4 Å². The third-order valence-corrected chi connectivity index (χ3v) is 5.89. The SMILES string of the molecule is O=C(NCCCCN1CCN(c2cccc([N+](=O)[O-])c2)CC1)C1=Cc2ccccc2OC1. The Hall–Kier alpha value is -3.39. The number of nitrogens with one attached hydrogen (secondary N) is 1. The second-order valence-electron chi connectivity index (χ2n) is 8.06. The van der Waals surface area contributed by atoms with E-state index in [1.165, 1.54) is 6.07 Å². The molecule has 1 fully saturated rings. The summed E-state index contributed by atoms with van der Waals surface area (Å²) in [5.74, 6) is 0.750. The molecule has 0 radical (unpaired) electrons. The summed E-state index contributed by atoms with van der Waals surface area (Å²) in [6.45, 7) is 5.50. The summed E-state index contributed by atoms with van der Waals surface area (Å²) in [7, 11) is 0. The number of fused-ring (bicyclic) bond motifs is 1. The van der Waals surface area contributed by atoms with Crippen LogP contribution in [0.15, 0.2) is 54.1 Å². The molecule has 2 aliphatic heterocycles. The average molecular weight is 437 g/mol. The number of hydrogen-bond acceptors (Lipinski definition) is 6. The molecule has 0 bridgehead atoms. The summed E-state index contributed by atoms with van der Waals surface area (Å²) in [5, 5.41) is 14.0. The quantitative estimate of drug-likeness (QED) is 0.389. The van der Waals surface area contributed by atoms with Gasteiger partial charge in [0.15, 0.2) is 0 Å². The lowest BCUT2D eigenvalue weighted by Gasteiger charge is -2.36. The van der Waals surface area contributed by atoms with Gasteiger partial charge in [0.2, 0.25) is 0 Å². The number of anilines is 1. The van der Waals surface area contributed by atoms with Crippen molar-refractivity contribution in [2.75, 3.05) is 50.8 Å². The van der Waals surface area contributed by atoms with Crippen LogP contribution in [0.3, 0.4) is 0 Å². The average Bonchev–Trinajstić information content (AvgIpc) is 2.84. The number of para-hydroxylation sites is 1. The molecule has 1 amide bonds. The van der Waals surface area contributed by atoms with Gasteiger partial charge in [-0.25, -0.2) is 0 Å². The highest BCUT2D eigenvalue weighted by atomic mass is 16.6. The number of benzene rings is 2. The molecule has 2 aromatic rings. The maximum atomic E-state index is 12.4. The fourth-order valence-electron chi connectivity index (χ4n) is 4.06. The summed E-state index contributed by atoms with van der Waals surface area (Å²) in [6.07, 6.45) is 3.83. The third-order valence-electron chi connectivity index (χ3n) is 5.89. The first kappa shape index (κ1) is 21.8. The van der Waals surface area contributed by atoms with Gasteiger partial charge < -0.3 is 15.0 Å². The summed E-state index contributed by atoms with van der Waals surface area (Å²) < 4.78 is 5.65. The topological polar surface area (TPSA) is 88.0 Å². The molecule has 0 aliphatic carbocycles. The van der Waals surface area contributed by atoms with E-state index in [-0.39, 0.29) is 16.5 Å². The number of nitro groups is 1. The van der Waals surface area contributed by atoms with Crippen LogP contribution in [0.4, 0.5) is 11.4 Å². The molecule has 2 aromatic carbocycles. The molecule has 2 heterocycles. The number of amides is 1. The standard InChI is InChI=1S/C24H28N4O4/c29-24(20-16-19-6-1-2-9-23(19)32-18-20)25-10-3-4-11-26-12-14-27(15-13-26)21-7-5-8-22(17-21)28(30)31/h1-2,5-9,16-17H,3-4,10-15,18H2,(H,25,29). The number of carbonyl (C=O) groups is 1. The van der Waals surface area contributed by atoms with Gasteiger partial charge >= 0.3 is 0 Å². The lowest BCUT2D eigenvalue weighted by Crippen LogP contribution is -2.46. The number of nitrogens with zero attached hydrogens (tertiary/aromatic N) is 3. The van der Waals surface area contributed by atoms with Crippen molar-refractivity contribution in [1.29, 1.82) is 0 Å². The van der Waals surface area contributed by atoms with Gasteiger partial charge in [-0.15, -0.1) is 0 Å². The van der Waals surface area contributed by atoms with Crippen LogP contribution >= 0.6 is 0 Å². The van der Waals surface area contributed by atoms with Crippen molar-refractivity contribution < 1.29 is 14.5 Å².